The normalized spacial score (nSPS) is 14.3. The predicted molar refractivity (Wildman–Crippen MR) is 122 cm³/mol. The summed E-state index contributed by atoms with van der Waals surface area (Å²) >= 11 is 6.17. The van der Waals surface area contributed by atoms with E-state index in [1.165, 1.54) is 0 Å². The van der Waals surface area contributed by atoms with Crippen LogP contribution in [0.1, 0.15) is 18.4 Å². The molecule has 1 aliphatic rings. The van der Waals surface area contributed by atoms with Gasteiger partial charge in [0, 0.05) is 36.1 Å². The van der Waals surface area contributed by atoms with Crippen molar-refractivity contribution in [2.24, 2.45) is 5.92 Å². The van der Waals surface area contributed by atoms with Crippen molar-refractivity contribution in [1.82, 2.24) is 15.5 Å². The van der Waals surface area contributed by atoms with Gasteiger partial charge in [-0.3, -0.25) is 4.79 Å². The molecule has 1 aliphatic heterocycles. The molecule has 1 N–H and O–H groups in total. The van der Waals surface area contributed by atoms with Crippen LogP contribution in [-0.2, 0) is 11.3 Å². The van der Waals surface area contributed by atoms with E-state index in [1.807, 2.05) is 60.7 Å². The number of halogens is 1. The van der Waals surface area contributed by atoms with Crippen LogP contribution in [0.5, 0.6) is 5.75 Å². The second-order valence-corrected chi connectivity index (χ2v) is 7.95. The van der Waals surface area contributed by atoms with E-state index in [4.69, 9.17) is 16.3 Å². The number of carbonyl (C=O) groups is 1. The van der Waals surface area contributed by atoms with Crippen molar-refractivity contribution in [3.8, 4) is 17.0 Å². The van der Waals surface area contributed by atoms with Crippen LogP contribution < -0.4 is 15.0 Å². The van der Waals surface area contributed by atoms with E-state index >= 15 is 0 Å². The first-order valence-electron chi connectivity index (χ1n) is 10.4. The van der Waals surface area contributed by atoms with Gasteiger partial charge in [0.2, 0.25) is 5.91 Å². The number of carbonyl (C=O) groups excluding carboxylic acids is 1. The number of para-hydroxylation sites is 1. The Bertz CT molecular complexity index is 1030. The zero-order chi connectivity index (χ0) is 21.6. The van der Waals surface area contributed by atoms with Crippen LogP contribution in [0.25, 0.3) is 11.3 Å². The number of nitrogens with one attached hydrogen (secondary N) is 1. The van der Waals surface area contributed by atoms with Crippen LogP contribution in [0.4, 0.5) is 5.82 Å². The number of rotatable bonds is 6. The molecule has 6 nitrogen and oxygen atoms in total. The monoisotopic (exact) mass is 436 g/mol. The molecule has 2 aromatic carbocycles. The first-order valence-corrected chi connectivity index (χ1v) is 10.8. The van der Waals surface area contributed by atoms with Crippen LogP contribution in [0.2, 0.25) is 5.02 Å². The highest BCUT2D eigenvalue weighted by Gasteiger charge is 2.25. The summed E-state index contributed by atoms with van der Waals surface area (Å²) in [4.78, 5) is 14.8. The highest BCUT2D eigenvalue weighted by atomic mass is 35.5. The maximum atomic E-state index is 12.6. The largest absolute Gasteiger partial charge is 0.496 e. The fraction of sp³-hybridized carbons (Fsp3) is 0.292. The number of methoxy groups -OCH3 is 1. The molecule has 31 heavy (non-hydrogen) atoms. The number of benzene rings is 2. The Hall–Kier alpha value is -3.12. The average Bonchev–Trinajstić information content (AvgIpc) is 2.83. The van der Waals surface area contributed by atoms with Gasteiger partial charge in [-0.1, -0.05) is 41.9 Å². The van der Waals surface area contributed by atoms with Gasteiger partial charge in [0.15, 0.2) is 5.82 Å². The lowest BCUT2D eigenvalue weighted by atomic mass is 9.96. The summed E-state index contributed by atoms with van der Waals surface area (Å²) in [6, 6.07) is 19.3. The van der Waals surface area contributed by atoms with Crippen molar-refractivity contribution in [2.75, 3.05) is 25.1 Å². The standard InChI is InChI=1S/C24H25ClN4O2/c1-31-22-9-5-3-7-19(22)21-10-11-23(28-27-21)29-14-12-17(13-15-29)24(30)26-16-18-6-2-4-8-20(18)25/h2-11,17H,12-16H2,1H3,(H,26,30). The molecule has 1 saturated heterocycles. The Balaban J connectivity index is 1.32. The van der Waals surface area contributed by atoms with Crippen molar-refractivity contribution in [3.05, 3.63) is 71.2 Å². The number of piperidine rings is 1. The zero-order valence-electron chi connectivity index (χ0n) is 17.4. The number of nitrogens with zero attached hydrogens (tertiary/aromatic N) is 3. The van der Waals surface area contributed by atoms with Crippen LogP contribution >= 0.6 is 11.6 Å². The molecular weight excluding hydrogens is 412 g/mol. The third-order valence-electron chi connectivity index (χ3n) is 5.63. The summed E-state index contributed by atoms with van der Waals surface area (Å²) in [6.45, 7) is 1.99. The molecule has 160 valence electrons. The Kier molecular flexibility index (Phi) is 6.67. The lowest BCUT2D eigenvalue weighted by Crippen LogP contribution is -2.40. The molecule has 0 atom stereocenters. The minimum Gasteiger partial charge on any atom is -0.496 e. The van der Waals surface area contributed by atoms with Crippen molar-refractivity contribution in [1.29, 1.82) is 0 Å². The summed E-state index contributed by atoms with van der Waals surface area (Å²) in [5.74, 6) is 1.68. The number of hydrogen-bond donors (Lipinski definition) is 1. The molecule has 0 bridgehead atoms. The van der Waals surface area contributed by atoms with Gasteiger partial charge in [-0.05, 0) is 48.7 Å². The minimum atomic E-state index is -0.000417. The zero-order valence-corrected chi connectivity index (χ0v) is 18.2. The summed E-state index contributed by atoms with van der Waals surface area (Å²) in [5, 5.41) is 12.5. The lowest BCUT2D eigenvalue weighted by Gasteiger charge is -2.31. The van der Waals surface area contributed by atoms with Crippen molar-refractivity contribution in [3.63, 3.8) is 0 Å². The molecule has 0 unspecified atom stereocenters. The van der Waals surface area contributed by atoms with Crippen molar-refractivity contribution in [2.45, 2.75) is 19.4 Å². The molecule has 1 amide bonds. The fourth-order valence-corrected chi connectivity index (χ4v) is 4.04. The van der Waals surface area contributed by atoms with E-state index in [-0.39, 0.29) is 11.8 Å². The van der Waals surface area contributed by atoms with E-state index in [9.17, 15) is 4.79 Å². The van der Waals surface area contributed by atoms with Crippen LogP contribution in [0.15, 0.2) is 60.7 Å². The molecule has 0 saturated carbocycles. The molecule has 2 heterocycles. The third kappa shape index (κ3) is 4.97. The SMILES string of the molecule is COc1ccccc1-c1ccc(N2CCC(C(=O)NCc3ccccc3Cl)CC2)nn1. The van der Waals surface area contributed by atoms with Gasteiger partial charge in [-0.25, -0.2) is 0 Å². The van der Waals surface area contributed by atoms with E-state index in [1.54, 1.807) is 7.11 Å². The highest BCUT2D eigenvalue weighted by molar-refractivity contribution is 6.31. The van der Waals surface area contributed by atoms with Crippen LogP contribution in [0.3, 0.4) is 0 Å². The topological polar surface area (TPSA) is 67.3 Å². The van der Waals surface area contributed by atoms with Crippen molar-refractivity contribution >= 4 is 23.3 Å². The van der Waals surface area contributed by atoms with E-state index in [2.05, 4.69) is 20.4 Å². The van der Waals surface area contributed by atoms with Gasteiger partial charge in [0.25, 0.3) is 0 Å². The second-order valence-electron chi connectivity index (χ2n) is 7.55. The molecule has 7 heteroatoms. The first-order chi connectivity index (χ1) is 15.2. The minimum absolute atomic E-state index is 0.000417. The van der Waals surface area contributed by atoms with Gasteiger partial charge in [0.05, 0.1) is 12.8 Å². The van der Waals surface area contributed by atoms with Gasteiger partial charge >= 0.3 is 0 Å². The van der Waals surface area contributed by atoms with Gasteiger partial charge < -0.3 is 15.0 Å². The lowest BCUT2D eigenvalue weighted by molar-refractivity contribution is -0.125. The van der Waals surface area contributed by atoms with Gasteiger partial charge in [0.1, 0.15) is 5.75 Å². The molecular formula is C24H25ClN4O2. The van der Waals surface area contributed by atoms with Gasteiger partial charge in [-0.2, -0.15) is 0 Å². The van der Waals surface area contributed by atoms with E-state index in [0.29, 0.717) is 11.6 Å². The molecule has 4 rings (SSSR count). The second kappa shape index (κ2) is 9.79. The summed E-state index contributed by atoms with van der Waals surface area (Å²) in [6.07, 6.45) is 1.56. The summed E-state index contributed by atoms with van der Waals surface area (Å²) < 4.78 is 5.41. The average molecular weight is 437 g/mol. The maximum Gasteiger partial charge on any atom is 0.223 e. The fourth-order valence-electron chi connectivity index (χ4n) is 3.83. The molecule has 3 aromatic rings. The predicted octanol–water partition coefficient (Wildman–Crippen LogP) is 4.34. The maximum absolute atomic E-state index is 12.6. The van der Waals surface area contributed by atoms with Crippen LogP contribution in [-0.4, -0.2) is 36.3 Å². The molecule has 0 spiro atoms. The summed E-state index contributed by atoms with van der Waals surface area (Å²) in [5.41, 5.74) is 2.62. The quantitative estimate of drug-likeness (QED) is 0.622. The van der Waals surface area contributed by atoms with E-state index in [0.717, 1.165) is 54.3 Å². The Morgan fingerprint density at radius 3 is 2.52 bits per heavy atom. The molecule has 1 aromatic heterocycles. The Labute approximate surface area is 187 Å². The first kappa shape index (κ1) is 21.1. The number of aromatic nitrogens is 2. The number of ether oxygens (including phenoxy) is 1. The van der Waals surface area contributed by atoms with Crippen molar-refractivity contribution < 1.29 is 9.53 Å². The Morgan fingerprint density at radius 2 is 1.81 bits per heavy atom. The summed E-state index contributed by atoms with van der Waals surface area (Å²) in [7, 11) is 1.65. The number of anilines is 1. The molecule has 0 aliphatic carbocycles. The third-order valence-corrected chi connectivity index (χ3v) is 6.00. The number of amides is 1. The Morgan fingerprint density at radius 1 is 1.06 bits per heavy atom. The van der Waals surface area contributed by atoms with Crippen LogP contribution in [0, 0.1) is 5.92 Å². The van der Waals surface area contributed by atoms with Gasteiger partial charge in [-0.15, -0.1) is 10.2 Å². The smallest absolute Gasteiger partial charge is 0.223 e. The molecule has 1 fully saturated rings. The molecule has 0 radical (unpaired) electrons. The highest BCUT2D eigenvalue weighted by Crippen LogP contribution is 2.29. The van der Waals surface area contributed by atoms with E-state index < -0.39 is 0 Å². The number of hydrogen-bond acceptors (Lipinski definition) is 5.